The zero-order chi connectivity index (χ0) is 15.2. The summed E-state index contributed by atoms with van der Waals surface area (Å²) in [4.78, 5) is 12.0. The molecule has 2 aromatic rings. The maximum absolute atomic E-state index is 12.0. The van der Waals surface area contributed by atoms with Crippen LogP contribution in [0.25, 0.3) is 0 Å². The van der Waals surface area contributed by atoms with Crippen LogP contribution in [0, 0.1) is 5.92 Å². The Morgan fingerprint density at radius 3 is 3.00 bits per heavy atom. The van der Waals surface area contributed by atoms with Gasteiger partial charge in [0, 0.05) is 13.2 Å². The van der Waals surface area contributed by atoms with E-state index >= 15 is 0 Å². The van der Waals surface area contributed by atoms with E-state index in [9.17, 15) is 4.79 Å². The van der Waals surface area contributed by atoms with Crippen molar-refractivity contribution in [2.45, 2.75) is 25.9 Å². The van der Waals surface area contributed by atoms with Gasteiger partial charge in [-0.05, 0) is 18.4 Å². The summed E-state index contributed by atoms with van der Waals surface area (Å²) in [7, 11) is 0. The number of amides is 1. The number of carbonyl (C=O) groups excluding carboxylic acids is 1. The van der Waals surface area contributed by atoms with Crippen molar-refractivity contribution in [2.24, 2.45) is 5.92 Å². The Hall–Kier alpha value is -2.21. The van der Waals surface area contributed by atoms with Crippen molar-refractivity contribution in [1.82, 2.24) is 20.1 Å². The summed E-state index contributed by atoms with van der Waals surface area (Å²) >= 11 is 0. The van der Waals surface area contributed by atoms with Gasteiger partial charge in [-0.2, -0.15) is 0 Å². The third kappa shape index (κ3) is 3.71. The van der Waals surface area contributed by atoms with Crippen molar-refractivity contribution in [3.8, 4) is 0 Å². The number of aryl methyl sites for hydroxylation is 2. The summed E-state index contributed by atoms with van der Waals surface area (Å²) in [6.45, 7) is 2.40. The first-order chi connectivity index (χ1) is 10.8. The molecule has 1 N–H and O–H groups in total. The standard InChI is InChI=1S/C16H20N4O2/c21-16(14-7-9-22-11-14)17-10-15-19-18-12-20(15)8-6-13-4-2-1-3-5-13/h1-5,12,14H,6-11H2,(H,17,21). The Morgan fingerprint density at radius 1 is 1.36 bits per heavy atom. The first-order valence-electron chi connectivity index (χ1n) is 7.59. The zero-order valence-corrected chi connectivity index (χ0v) is 12.4. The molecule has 0 saturated carbocycles. The number of nitrogens with one attached hydrogen (secondary N) is 1. The average Bonchev–Trinajstić information content (AvgIpc) is 3.23. The molecule has 0 spiro atoms. The summed E-state index contributed by atoms with van der Waals surface area (Å²) in [5, 5.41) is 11.0. The molecule has 1 saturated heterocycles. The lowest BCUT2D eigenvalue weighted by Gasteiger charge is -2.10. The molecule has 3 rings (SSSR count). The van der Waals surface area contributed by atoms with Gasteiger partial charge in [0.25, 0.3) is 0 Å². The Kier molecular flexibility index (Phi) is 4.80. The van der Waals surface area contributed by atoms with Gasteiger partial charge in [0.05, 0.1) is 19.1 Å². The molecule has 6 heteroatoms. The van der Waals surface area contributed by atoms with E-state index in [0.717, 1.165) is 25.2 Å². The maximum atomic E-state index is 12.0. The van der Waals surface area contributed by atoms with Gasteiger partial charge in [0.2, 0.25) is 5.91 Å². The number of benzene rings is 1. The largest absolute Gasteiger partial charge is 0.381 e. The number of hydrogen-bond donors (Lipinski definition) is 1. The Bertz CT molecular complexity index is 606. The zero-order valence-electron chi connectivity index (χ0n) is 12.4. The SMILES string of the molecule is O=C(NCc1nncn1CCc1ccccc1)C1CCOC1. The molecule has 1 aromatic carbocycles. The van der Waals surface area contributed by atoms with Gasteiger partial charge < -0.3 is 14.6 Å². The average molecular weight is 300 g/mol. The lowest BCUT2D eigenvalue weighted by atomic mass is 10.1. The van der Waals surface area contributed by atoms with E-state index < -0.39 is 0 Å². The number of carbonyl (C=O) groups is 1. The quantitative estimate of drug-likeness (QED) is 0.869. The summed E-state index contributed by atoms with van der Waals surface area (Å²) in [5.41, 5.74) is 1.27. The predicted octanol–water partition coefficient (Wildman–Crippen LogP) is 1.17. The molecular weight excluding hydrogens is 280 g/mol. The minimum atomic E-state index is -0.0271. The Morgan fingerprint density at radius 2 is 2.23 bits per heavy atom. The molecule has 1 fully saturated rings. The van der Waals surface area contributed by atoms with Gasteiger partial charge in [-0.1, -0.05) is 30.3 Å². The van der Waals surface area contributed by atoms with E-state index in [1.807, 2.05) is 22.8 Å². The summed E-state index contributed by atoms with van der Waals surface area (Å²) < 4.78 is 7.22. The van der Waals surface area contributed by atoms with Crippen LogP contribution in [-0.4, -0.2) is 33.9 Å². The van der Waals surface area contributed by atoms with Gasteiger partial charge in [-0.15, -0.1) is 10.2 Å². The second kappa shape index (κ2) is 7.17. The molecule has 116 valence electrons. The van der Waals surface area contributed by atoms with Crippen molar-refractivity contribution in [3.05, 3.63) is 48.0 Å². The highest BCUT2D eigenvalue weighted by Crippen LogP contribution is 2.12. The molecule has 6 nitrogen and oxygen atoms in total. The summed E-state index contributed by atoms with van der Waals surface area (Å²) in [6, 6.07) is 10.3. The molecule has 1 aromatic heterocycles. The summed E-state index contributed by atoms with van der Waals surface area (Å²) in [6.07, 6.45) is 3.42. The molecular formula is C16H20N4O2. The van der Waals surface area contributed by atoms with Crippen LogP contribution in [0.2, 0.25) is 0 Å². The van der Waals surface area contributed by atoms with E-state index in [4.69, 9.17) is 4.74 Å². The van der Waals surface area contributed by atoms with E-state index in [0.29, 0.717) is 19.8 Å². The van der Waals surface area contributed by atoms with Gasteiger partial charge in [0.15, 0.2) is 5.82 Å². The number of rotatable bonds is 6. The Labute approximate surface area is 129 Å². The van der Waals surface area contributed by atoms with E-state index in [-0.39, 0.29) is 11.8 Å². The Balaban J connectivity index is 1.52. The fraction of sp³-hybridized carbons (Fsp3) is 0.438. The first kappa shape index (κ1) is 14.7. The number of aromatic nitrogens is 3. The molecule has 1 atom stereocenters. The summed E-state index contributed by atoms with van der Waals surface area (Å²) in [5.74, 6) is 0.791. The molecule has 1 aliphatic heterocycles. The van der Waals surface area contributed by atoms with Crippen molar-refractivity contribution >= 4 is 5.91 Å². The van der Waals surface area contributed by atoms with Crippen molar-refractivity contribution < 1.29 is 9.53 Å². The number of hydrogen-bond acceptors (Lipinski definition) is 4. The fourth-order valence-electron chi connectivity index (χ4n) is 2.55. The highest BCUT2D eigenvalue weighted by atomic mass is 16.5. The lowest BCUT2D eigenvalue weighted by molar-refractivity contribution is -0.125. The second-order valence-electron chi connectivity index (χ2n) is 5.45. The molecule has 0 aliphatic carbocycles. The normalized spacial score (nSPS) is 17.5. The van der Waals surface area contributed by atoms with E-state index in [2.05, 4.69) is 27.6 Å². The smallest absolute Gasteiger partial charge is 0.225 e. The molecule has 2 heterocycles. The van der Waals surface area contributed by atoms with Crippen molar-refractivity contribution in [3.63, 3.8) is 0 Å². The molecule has 0 bridgehead atoms. The van der Waals surface area contributed by atoms with Crippen molar-refractivity contribution in [2.75, 3.05) is 13.2 Å². The van der Waals surface area contributed by atoms with Crippen LogP contribution in [0.5, 0.6) is 0 Å². The highest BCUT2D eigenvalue weighted by molar-refractivity contribution is 5.78. The topological polar surface area (TPSA) is 69.0 Å². The maximum Gasteiger partial charge on any atom is 0.225 e. The molecule has 1 aliphatic rings. The van der Waals surface area contributed by atoms with Gasteiger partial charge in [-0.25, -0.2) is 0 Å². The fourth-order valence-corrected chi connectivity index (χ4v) is 2.55. The van der Waals surface area contributed by atoms with E-state index in [1.165, 1.54) is 5.56 Å². The van der Waals surface area contributed by atoms with Crippen LogP contribution >= 0.6 is 0 Å². The third-order valence-corrected chi connectivity index (χ3v) is 3.90. The van der Waals surface area contributed by atoms with Gasteiger partial charge >= 0.3 is 0 Å². The van der Waals surface area contributed by atoms with Crippen LogP contribution in [0.4, 0.5) is 0 Å². The van der Waals surface area contributed by atoms with Crippen LogP contribution in [0.3, 0.4) is 0 Å². The number of ether oxygens (including phenoxy) is 1. The van der Waals surface area contributed by atoms with Gasteiger partial charge in [-0.3, -0.25) is 4.79 Å². The second-order valence-corrected chi connectivity index (χ2v) is 5.45. The molecule has 22 heavy (non-hydrogen) atoms. The number of nitrogens with zero attached hydrogens (tertiary/aromatic N) is 3. The minimum absolute atomic E-state index is 0.0271. The van der Waals surface area contributed by atoms with E-state index in [1.54, 1.807) is 6.33 Å². The molecule has 1 amide bonds. The minimum Gasteiger partial charge on any atom is -0.381 e. The monoisotopic (exact) mass is 300 g/mol. The van der Waals surface area contributed by atoms with Gasteiger partial charge in [0.1, 0.15) is 6.33 Å². The predicted molar refractivity (Wildman–Crippen MR) is 80.9 cm³/mol. The first-order valence-corrected chi connectivity index (χ1v) is 7.59. The van der Waals surface area contributed by atoms with Crippen LogP contribution in [0.1, 0.15) is 17.8 Å². The van der Waals surface area contributed by atoms with Crippen LogP contribution in [-0.2, 0) is 29.0 Å². The molecule has 0 radical (unpaired) electrons. The third-order valence-electron chi connectivity index (χ3n) is 3.90. The van der Waals surface area contributed by atoms with Crippen LogP contribution in [0.15, 0.2) is 36.7 Å². The van der Waals surface area contributed by atoms with Crippen molar-refractivity contribution in [1.29, 1.82) is 0 Å². The highest BCUT2D eigenvalue weighted by Gasteiger charge is 2.23. The lowest BCUT2D eigenvalue weighted by Crippen LogP contribution is -2.31. The molecule has 1 unspecified atom stereocenters. The van der Waals surface area contributed by atoms with Crippen LogP contribution < -0.4 is 5.32 Å².